The third-order valence-electron chi connectivity index (χ3n) is 2.39. The molecule has 1 rings (SSSR count). The van der Waals surface area contributed by atoms with Crippen LogP contribution in [0.25, 0.3) is 0 Å². The van der Waals surface area contributed by atoms with Crippen LogP contribution in [0.4, 0.5) is 0 Å². The maximum atomic E-state index is 5.56. The van der Waals surface area contributed by atoms with Crippen LogP contribution in [0.3, 0.4) is 0 Å². The van der Waals surface area contributed by atoms with E-state index in [1.807, 2.05) is 0 Å². The number of benzene rings is 1. The van der Waals surface area contributed by atoms with Crippen LogP contribution in [-0.2, 0) is 6.42 Å². The van der Waals surface area contributed by atoms with Gasteiger partial charge in [-0.2, -0.15) is 0 Å². The van der Waals surface area contributed by atoms with Gasteiger partial charge in [0.1, 0.15) is 5.75 Å². The molecule has 0 bridgehead atoms. The van der Waals surface area contributed by atoms with Gasteiger partial charge >= 0.3 is 0 Å². The quantitative estimate of drug-likeness (QED) is 0.914. The average Bonchev–Trinajstić information content (AvgIpc) is 2.17. The summed E-state index contributed by atoms with van der Waals surface area (Å²) in [5, 5.41) is 0. The van der Waals surface area contributed by atoms with E-state index in [-0.39, 0.29) is 0 Å². The Morgan fingerprint density at radius 3 is 2.53 bits per heavy atom. The molecule has 0 spiro atoms. The topological polar surface area (TPSA) is 35.2 Å². The van der Waals surface area contributed by atoms with Gasteiger partial charge in [0.2, 0.25) is 0 Å². The minimum Gasteiger partial charge on any atom is -0.495 e. The van der Waals surface area contributed by atoms with Crippen LogP contribution in [0, 0.1) is 0 Å². The van der Waals surface area contributed by atoms with Gasteiger partial charge in [0.25, 0.3) is 0 Å². The zero-order valence-electron chi connectivity index (χ0n) is 9.51. The monoisotopic (exact) mass is 271 g/mol. The Kier molecular flexibility index (Phi) is 4.61. The van der Waals surface area contributed by atoms with Crippen molar-refractivity contribution in [2.75, 3.05) is 13.7 Å². The first kappa shape index (κ1) is 12.5. The Morgan fingerprint density at radius 1 is 1.40 bits per heavy atom. The number of hydrogen-bond acceptors (Lipinski definition) is 2. The maximum Gasteiger partial charge on any atom is 0.136 e. The molecule has 3 heteroatoms. The molecule has 0 fully saturated rings. The number of ether oxygens (including phenoxy) is 1. The van der Waals surface area contributed by atoms with Crippen molar-refractivity contribution in [3.63, 3.8) is 0 Å². The first-order valence-electron chi connectivity index (χ1n) is 5.16. The normalized spacial score (nSPS) is 10.8. The Balaban J connectivity index is 3.19. The Hall–Kier alpha value is -0.540. The third kappa shape index (κ3) is 2.95. The highest BCUT2D eigenvalue weighted by Gasteiger charge is 2.12. The summed E-state index contributed by atoms with van der Waals surface area (Å²) in [5.41, 5.74) is 8.05. The van der Waals surface area contributed by atoms with Gasteiger partial charge in [0.15, 0.2) is 0 Å². The number of hydrogen-bond donors (Lipinski definition) is 1. The highest BCUT2D eigenvalue weighted by atomic mass is 79.9. The van der Waals surface area contributed by atoms with Gasteiger partial charge in [-0.25, -0.2) is 0 Å². The lowest BCUT2D eigenvalue weighted by atomic mass is 9.98. The molecule has 0 saturated carbocycles. The largest absolute Gasteiger partial charge is 0.495 e. The minimum absolute atomic E-state index is 0.453. The summed E-state index contributed by atoms with van der Waals surface area (Å²) in [6, 6.07) is 4.26. The molecular weight excluding hydrogens is 254 g/mol. The number of methoxy groups -OCH3 is 1. The molecule has 15 heavy (non-hydrogen) atoms. The van der Waals surface area contributed by atoms with E-state index in [0.717, 1.165) is 16.6 Å². The molecule has 0 radical (unpaired) electrons. The van der Waals surface area contributed by atoms with E-state index in [4.69, 9.17) is 10.5 Å². The predicted molar refractivity (Wildman–Crippen MR) is 67.5 cm³/mol. The summed E-state index contributed by atoms with van der Waals surface area (Å²) in [5.74, 6) is 1.39. The lowest BCUT2D eigenvalue weighted by Crippen LogP contribution is -2.04. The summed E-state index contributed by atoms with van der Waals surface area (Å²) >= 11 is 3.53. The first-order chi connectivity index (χ1) is 7.10. The van der Waals surface area contributed by atoms with Gasteiger partial charge in [-0.1, -0.05) is 19.9 Å². The average molecular weight is 272 g/mol. The van der Waals surface area contributed by atoms with Crippen molar-refractivity contribution >= 4 is 15.9 Å². The minimum atomic E-state index is 0.453. The van der Waals surface area contributed by atoms with Crippen molar-refractivity contribution in [3.8, 4) is 5.75 Å². The van der Waals surface area contributed by atoms with Crippen LogP contribution >= 0.6 is 15.9 Å². The molecule has 1 aromatic rings. The molecule has 0 aromatic heterocycles. The van der Waals surface area contributed by atoms with Gasteiger partial charge in [0.05, 0.1) is 11.6 Å². The number of nitrogens with two attached hydrogens (primary N) is 1. The molecular formula is C12H18BrNO. The fourth-order valence-electron chi connectivity index (χ4n) is 1.63. The third-order valence-corrected chi connectivity index (χ3v) is 2.98. The summed E-state index contributed by atoms with van der Waals surface area (Å²) in [4.78, 5) is 0. The standard InChI is InChI=1S/C12H18BrNO/c1-8(2)10-6-9(4-5-14)7-11(13)12(10)15-3/h6-8H,4-5,14H2,1-3H3. The van der Waals surface area contributed by atoms with Crippen LogP contribution in [0.1, 0.15) is 30.9 Å². The fourth-order valence-corrected chi connectivity index (χ4v) is 2.31. The molecule has 0 heterocycles. The second-order valence-corrected chi connectivity index (χ2v) is 4.75. The van der Waals surface area contributed by atoms with Crippen molar-refractivity contribution in [2.45, 2.75) is 26.2 Å². The molecule has 84 valence electrons. The summed E-state index contributed by atoms with van der Waals surface area (Å²) < 4.78 is 6.41. The number of halogens is 1. The van der Waals surface area contributed by atoms with Gasteiger partial charge in [-0.15, -0.1) is 0 Å². The van der Waals surface area contributed by atoms with E-state index in [9.17, 15) is 0 Å². The SMILES string of the molecule is COc1c(Br)cc(CCN)cc1C(C)C. The Morgan fingerprint density at radius 2 is 2.07 bits per heavy atom. The molecule has 2 nitrogen and oxygen atoms in total. The van der Waals surface area contributed by atoms with Crippen molar-refractivity contribution < 1.29 is 4.74 Å². The van der Waals surface area contributed by atoms with E-state index in [1.165, 1.54) is 11.1 Å². The van der Waals surface area contributed by atoms with E-state index < -0.39 is 0 Å². The molecule has 2 N–H and O–H groups in total. The number of rotatable bonds is 4. The molecule has 0 aliphatic heterocycles. The lowest BCUT2D eigenvalue weighted by Gasteiger charge is -2.15. The second-order valence-electron chi connectivity index (χ2n) is 3.89. The molecule has 1 aromatic carbocycles. The van der Waals surface area contributed by atoms with Crippen molar-refractivity contribution in [2.24, 2.45) is 5.73 Å². The van der Waals surface area contributed by atoms with E-state index in [1.54, 1.807) is 7.11 Å². The van der Waals surface area contributed by atoms with E-state index in [0.29, 0.717) is 12.5 Å². The van der Waals surface area contributed by atoms with Crippen molar-refractivity contribution in [3.05, 3.63) is 27.7 Å². The van der Waals surface area contributed by atoms with Crippen LogP contribution in [-0.4, -0.2) is 13.7 Å². The molecule has 0 amide bonds. The summed E-state index contributed by atoms with van der Waals surface area (Å²) in [7, 11) is 1.70. The summed E-state index contributed by atoms with van der Waals surface area (Å²) in [6.45, 7) is 5.00. The van der Waals surface area contributed by atoms with Gasteiger partial charge in [-0.3, -0.25) is 0 Å². The zero-order valence-corrected chi connectivity index (χ0v) is 11.1. The summed E-state index contributed by atoms with van der Waals surface area (Å²) in [6.07, 6.45) is 0.905. The smallest absolute Gasteiger partial charge is 0.136 e. The van der Waals surface area contributed by atoms with Gasteiger partial charge < -0.3 is 10.5 Å². The highest BCUT2D eigenvalue weighted by Crippen LogP contribution is 2.35. The van der Waals surface area contributed by atoms with Crippen molar-refractivity contribution in [1.82, 2.24) is 0 Å². The molecule has 0 aliphatic carbocycles. The van der Waals surface area contributed by atoms with Crippen molar-refractivity contribution in [1.29, 1.82) is 0 Å². The Labute approximate surface area is 99.9 Å². The van der Waals surface area contributed by atoms with Crippen LogP contribution in [0.5, 0.6) is 5.75 Å². The van der Waals surface area contributed by atoms with Gasteiger partial charge in [0, 0.05) is 0 Å². The maximum absolute atomic E-state index is 5.56. The second kappa shape index (κ2) is 5.52. The first-order valence-corrected chi connectivity index (χ1v) is 5.95. The highest BCUT2D eigenvalue weighted by molar-refractivity contribution is 9.10. The molecule has 0 unspecified atom stereocenters. The fraction of sp³-hybridized carbons (Fsp3) is 0.500. The lowest BCUT2D eigenvalue weighted by molar-refractivity contribution is 0.404. The van der Waals surface area contributed by atoms with E-state index >= 15 is 0 Å². The predicted octanol–water partition coefficient (Wildman–Crippen LogP) is 3.08. The van der Waals surface area contributed by atoms with Crippen LogP contribution in [0.15, 0.2) is 16.6 Å². The Bertz CT molecular complexity index is 337. The van der Waals surface area contributed by atoms with Crippen LogP contribution < -0.4 is 10.5 Å². The van der Waals surface area contributed by atoms with Gasteiger partial charge in [-0.05, 0) is 52.0 Å². The molecule has 0 atom stereocenters. The van der Waals surface area contributed by atoms with E-state index in [2.05, 4.69) is 41.9 Å². The zero-order chi connectivity index (χ0) is 11.4. The molecule has 0 saturated heterocycles. The molecule has 0 aliphatic rings. The van der Waals surface area contributed by atoms with Crippen LogP contribution in [0.2, 0.25) is 0 Å².